The second-order valence-corrected chi connectivity index (χ2v) is 8.84. The smallest absolute Gasteiger partial charge is 0.319 e. The minimum absolute atomic E-state index is 0.0805. The van der Waals surface area contributed by atoms with Crippen LogP contribution < -0.4 is 16.0 Å². The molecular weight excluding hydrogens is 446 g/mol. The minimum Gasteiger partial charge on any atom is -0.326 e. The number of rotatable bonds is 8. The number of hydrogen-bond acceptors (Lipinski definition) is 5. The van der Waals surface area contributed by atoms with Crippen LogP contribution in [0.4, 0.5) is 15.6 Å². The number of nitrogens with zero attached hydrogens (tertiary/aromatic N) is 2. The third-order valence-electron chi connectivity index (χ3n) is 5.10. The molecule has 3 rings (SSSR count). The first-order valence-corrected chi connectivity index (χ1v) is 11.7. The number of anilines is 2. The molecule has 0 fully saturated rings. The molecule has 7 nitrogen and oxygen atoms in total. The Morgan fingerprint density at radius 1 is 1.06 bits per heavy atom. The molecule has 2 aromatic carbocycles. The van der Waals surface area contributed by atoms with Crippen LogP contribution >= 0.6 is 22.9 Å². The molecular formula is C23H26ClN5O2S. The zero-order valence-corrected chi connectivity index (χ0v) is 19.8. The van der Waals surface area contributed by atoms with E-state index in [2.05, 4.69) is 26.1 Å². The van der Waals surface area contributed by atoms with Crippen LogP contribution in [0.5, 0.6) is 0 Å². The molecule has 3 aromatic rings. The molecule has 0 spiro atoms. The maximum absolute atomic E-state index is 13.0. The Kier molecular flexibility index (Phi) is 8.19. The van der Waals surface area contributed by atoms with E-state index in [1.54, 1.807) is 12.1 Å². The highest BCUT2D eigenvalue weighted by molar-refractivity contribution is 7.18. The molecule has 0 radical (unpaired) electrons. The fraction of sp³-hybridized carbons (Fsp3) is 0.304. The zero-order chi connectivity index (χ0) is 23.1. The summed E-state index contributed by atoms with van der Waals surface area (Å²) in [6.45, 7) is 5.94. The molecule has 2 atom stereocenters. The fourth-order valence-electron chi connectivity index (χ4n) is 3.07. The molecule has 0 saturated carbocycles. The second kappa shape index (κ2) is 11.1. The van der Waals surface area contributed by atoms with E-state index in [-0.39, 0.29) is 11.8 Å². The summed E-state index contributed by atoms with van der Waals surface area (Å²) in [5, 5.41) is 18.2. The number of aryl methyl sites for hydroxylation is 1. The summed E-state index contributed by atoms with van der Waals surface area (Å²) < 4.78 is 0. The summed E-state index contributed by atoms with van der Waals surface area (Å²) in [5.41, 5.74) is 2.62. The van der Waals surface area contributed by atoms with Crippen LogP contribution in [0.25, 0.3) is 10.6 Å². The topological polar surface area (TPSA) is 96.0 Å². The average molecular weight is 472 g/mol. The van der Waals surface area contributed by atoms with Crippen molar-refractivity contribution in [3.8, 4) is 10.6 Å². The monoisotopic (exact) mass is 471 g/mol. The molecule has 0 bridgehead atoms. The van der Waals surface area contributed by atoms with E-state index in [1.807, 2.05) is 57.2 Å². The molecule has 0 aliphatic rings. The first-order valence-electron chi connectivity index (χ1n) is 10.5. The highest BCUT2D eigenvalue weighted by atomic mass is 35.5. The number of aromatic nitrogens is 2. The molecule has 0 aliphatic heterocycles. The van der Waals surface area contributed by atoms with Crippen molar-refractivity contribution in [1.82, 2.24) is 15.5 Å². The van der Waals surface area contributed by atoms with E-state index >= 15 is 0 Å². The molecule has 0 aliphatic carbocycles. The summed E-state index contributed by atoms with van der Waals surface area (Å²) in [5.74, 6) is -0.423. The number of hydrogen-bond donors (Lipinski definition) is 3. The van der Waals surface area contributed by atoms with Gasteiger partial charge in [0.05, 0.1) is 0 Å². The molecule has 32 heavy (non-hydrogen) atoms. The second-order valence-electron chi connectivity index (χ2n) is 7.43. The lowest BCUT2D eigenvalue weighted by Crippen LogP contribution is -2.49. The van der Waals surface area contributed by atoms with Gasteiger partial charge in [0, 0.05) is 16.3 Å². The fourth-order valence-corrected chi connectivity index (χ4v) is 4.01. The van der Waals surface area contributed by atoms with Gasteiger partial charge in [0.2, 0.25) is 11.0 Å². The summed E-state index contributed by atoms with van der Waals surface area (Å²) >= 11 is 7.29. The van der Waals surface area contributed by atoms with E-state index in [4.69, 9.17) is 11.6 Å². The highest BCUT2D eigenvalue weighted by Crippen LogP contribution is 2.28. The molecule has 1 aromatic heterocycles. The maximum atomic E-state index is 13.0. The van der Waals surface area contributed by atoms with Gasteiger partial charge in [0.1, 0.15) is 11.0 Å². The van der Waals surface area contributed by atoms with Gasteiger partial charge in [-0.25, -0.2) is 4.79 Å². The van der Waals surface area contributed by atoms with Crippen LogP contribution in [0, 0.1) is 5.92 Å². The van der Waals surface area contributed by atoms with Gasteiger partial charge in [-0.2, -0.15) is 0 Å². The Bertz CT molecular complexity index is 1090. The third-order valence-corrected chi connectivity index (χ3v) is 6.22. The standard InChI is InChI=1S/C23H26ClN5O2S/c1-4-14(3)19(26-22(31)25-18-11-6-8-15(5-2)12-18)20(30)27-23-29-28-21(32-23)16-9-7-10-17(24)13-16/h6-14,19H,4-5H2,1-3H3,(H2,25,26,31)(H,27,29,30)/t14-,19+/m1/s1. The lowest BCUT2D eigenvalue weighted by molar-refractivity contribution is -0.119. The predicted octanol–water partition coefficient (Wildman–Crippen LogP) is 5.60. The van der Waals surface area contributed by atoms with Crippen molar-refractivity contribution in [2.75, 3.05) is 10.6 Å². The molecule has 0 saturated heterocycles. The van der Waals surface area contributed by atoms with Crippen molar-refractivity contribution in [3.05, 3.63) is 59.1 Å². The van der Waals surface area contributed by atoms with Gasteiger partial charge in [-0.15, -0.1) is 10.2 Å². The van der Waals surface area contributed by atoms with E-state index in [0.29, 0.717) is 27.3 Å². The number of carbonyl (C=O) groups excluding carboxylic acids is 2. The average Bonchev–Trinajstić information content (AvgIpc) is 3.25. The van der Waals surface area contributed by atoms with Crippen LogP contribution in [-0.4, -0.2) is 28.2 Å². The van der Waals surface area contributed by atoms with E-state index in [0.717, 1.165) is 17.5 Å². The number of carbonyl (C=O) groups is 2. The van der Waals surface area contributed by atoms with Crippen LogP contribution in [0.1, 0.15) is 32.8 Å². The van der Waals surface area contributed by atoms with Crippen molar-refractivity contribution < 1.29 is 9.59 Å². The molecule has 168 valence electrons. The Morgan fingerprint density at radius 3 is 2.56 bits per heavy atom. The number of benzene rings is 2. The van der Waals surface area contributed by atoms with E-state index in [1.165, 1.54) is 11.3 Å². The largest absolute Gasteiger partial charge is 0.326 e. The predicted molar refractivity (Wildman–Crippen MR) is 130 cm³/mol. The first-order chi connectivity index (χ1) is 15.4. The summed E-state index contributed by atoms with van der Waals surface area (Å²) in [4.78, 5) is 25.5. The Hall–Kier alpha value is -2.97. The Labute approximate surface area is 196 Å². The molecule has 0 unspecified atom stereocenters. The number of halogens is 1. The van der Waals surface area contributed by atoms with Gasteiger partial charge < -0.3 is 10.6 Å². The number of urea groups is 1. The quantitative estimate of drug-likeness (QED) is 0.398. The van der Waals surface area contributed by atoms with E-state index in [9.17, 15) is 9.59 Å². The Morgan fingerprint density at radius 2 is 1.84 bits per heavy atom. The molecule has 1 heterocycles. The normalized spacial score (nSPS) is 12.6. The van der Waals surface area contributed by atoms with Gasteiger partial charge >= 0.3 is 6.03 Å². The zero-order valence-electron chi connectivity index (χ0n) is 18.2. The van der Waals surface area contributed by atoms with Crippen LogP contribution in [0.15, 0.2) is 48.5 Å². The SMILES string of the molecule is CCc1cccc(NC(=O)N[C@H](C(=O)Nc2nnc(-c3cccc(Cl)c3)s2)[C@H](C)CC)c1. The summed E-state index contributed by atoms with van der Waals surface area (Å²) in [6, 6.07) is 13.7. The van der Waals surface area contributed by atoms with Gasteiger partial charge in [-0.3, -0.25) is 10.1 Å². The van der Waals surface area contributed by atoms with Crippen molar-refractivity contribution >= 4 is 45.7 Å². The van der Waals surface area contributed by atoms with Gasteiger partial charge in [-0.05, 0) is 42.2 Å². The van der Waals surface area contributed by atoms with Crippen LogP contribution in [0.3, 0.4) is 0 Å². The molecule has 9 heteroatoms. The van der Waals surface area contributed by atoms with E-state index < -0.39 is 12.1 Å². The van der Waals surface area contributed by atoms with Crippen molar-refractivity contribution in [1.29, 1.82) is 0 Å². The highest BCUT2D eigenvalue weighted by Gasteiger charge is 2.27. The minimum atomic E-state index is -0.729. The maximum Gasteiger partial charge on any atom is 0.319 e. The molecule has 3 N–H and O–H groups in total. The van der Waals surface area contributed by atoms with Crippen LogP contribution in [-0.2, 0) is 11.2 Å². The van der Waals surface area contributed by atoms with Gasteiger partial charge in [0.15, 0.2) is 0 Å². The Balaban J connectivity index is 1.67. The summed E-state index contributed by atoms with van der Waals surface area (Å²) in [7, 11) is 0. The van der Waals surface area contributed by atoms with Gasteiger partial charge in [-0.1, -0.05) is 74.4 Å². The third kappa shape index (κ3) is 6.27. The lowest BCUT2D eigenvalue weighted by atomic mass is 9.98. The van der Waals surface area contributed by atoms with Gasteiger partial charge in [0.25, 0.3) is 0 Å². The number of nitrogens with one attached hydrogen (secondary N) is 3. The lowest BCUT2D eigenvalue weighted by Gasteiger charge is -2.23. The van der Waals surface area contributed by atoms with Crippen molar-refractivity contribution in [3.63, 3.8) is 0 Å². The van der Waals surface area contributed by atoms with Crippen molar-refractivity contribution in [2.45, 2.75) is 39.7 Å². The summed E-state index contributed by atoms with van der Waals surface area (Å²) in [6.07, 6.45) is 1.58. The van der Waals surface area contributed by atoms with Crippen molar-refractivity contribution in [2.24, 2.45) is 5.92 Å². The molecule has 3 amide bonds. The van der Waals surface area contributed by atoms with Crippen LogP contribution in [0.2, 0.25) is 5.02 Å². The number of amides is 3. The first kappa shape index (κ1) is 23.7.